The van der Waals surface area contributed by atoms with E-state index in [2.05, 4.69) is 5.10 Å². The summed E-state index contributed by atoms with van der Waals surface area (Å²) in [6.07, 6.45) is 0. The highest BCUT2D eigenvalue weighted by molar-refractivity contribution is 7.15. The van der Waals surface area contributed by atoms with E-state index in [9.17, 15) is 4.79 Å². The Bertz CT molecular complexity index is 886. The molecule has 0 atom stereocenters. The second-order valence-corrected chi connectivity index (χ2v) is 6.99. The SMILES string of the molecule is Cc1ccc(-c2ccc(=O)n(Cc3ccc(Cl)cc3Cl)n2)s1. The van der Waals surface area contributed by atoms with Gasteiger partial charge in [-0.25, -0.2) is 4.68 Å². The van der Waals surface area contributed by atoms with Crippen LogP contribution in [0.4, 0.5) is 0 Å². The van der Waals surface area contributed by atoms with Gasteiger partial charge in [-0.05, 0) is 42.8 Å². The number of hydrogen-bond donors (Lipinski definition) is 0. The zero-order chi connectivity index (χ0) is 15.7. The third-order valence-electron chi connectivity index (χ3n) is 3.19. The molecule has 3 aromatic rings. The number of rotatable bonds is 3. The number of thiophene rings is 1. The van der Waals surface area contributed by atoms with Gasteiger partial charge >= 0.3 is 0 Å². The van der Waals surface area contributed by atoms with Crippen molar-refractivity contribution in [1.82, 2.24) is 9.78 Å². The third-order valence-corrected chi connectivity index (χ3v) is 4.80. The topological polar surface area (TPSA) is 34.9 Å². The lowest BCUT2D eigenvalue weighted by atomic mass is 10.2. The summed E-state index contributed by atoms with van der Waals surface area (Å²) in [5, 5.41) is 5.53. The number of hydrogen-bond acceptors (Lipinski definition) is 3. The number of nitrogens with zero attached hydrogens (tertiary/aromatic N) is 2. The van der Waals surface area contributed by atoms with Crippen molar-refractivity contribution in [3.63, 3.8) is 0 Å². The third kappa shape index (κ3) is 3.24. The van der Waals surface area contributed by atoms with Crippen LogP contribution in [0.25, 0.3) is 10.6 Å². The molecular formula is C16H12Cl2N2OS. The Hall–Kier alpha value is -1.62. The van der Waals surface area contributed by atoms with E-state index >= 15 is 0 Å². The Labute approximate surface area is 141 Å². The van der Waals surface area contributed by atoms with Crippen LogP contribution in [0.5, 0.6) is 0 Å². The van der Waals surface area contributed by atoms with Gasteiger partial charge in [-0.2, -0.15) is 5.10 Å². The predicted octanol–water partition coefficient (Wildman–Crippen LogP) is 4.64. The van der Waals surface area contributed by atoms with Crippen LogP contribution in [-0.2, 0) is 6.54 Å². The molecule has 0 radical (unpaired) electrons. The average Bonchev–Trinajstić information content (AvgIpc) is 2.90. The first kappa shape index (κ1) is 15.3. The van der Waals surface area contributed by atoms with E-state index in [1.807, 2.05) is 19.1 Å². The van der Waals surface area contributed by atoms with Crippen LogP contribution in [0.1, 0.15) is 10.4 Å². The molecule has 0 amide bonds. The quantitative estimate of drug-likeness (QED) is 0.689. The first-order valence-electron chi connectivity index (χ1n) is 6.62. The van der Waals surface area contributed by atoms with Crippen LogP contribution in [0.15, 0.2) is 47.3 Å². The maximum Gasteiger partial charge on any atom is 0.267 e. The first-order valence-corrected chi connectivity index (χ1v) is 8.19. The molecule has 3 nitrogen and oxygen atoms in total. The lowest BCUT2D eigenvalue weighted by molar-refractivity contribution is 0.643. The molecule has 0 saturated carbocycles. The molecule has 3 rings (SSSR count). The summed E-state index contributed by atoms with van der Waals surface area (Å²) in [4.78, 5) is 14.3. The summed E-state index contributed by atoms with van der Waals surface area (Å²) in [6.45, 7) is 2.35. The minimum absolute atomic E-state index is 0.164. The molecule has 6 heteroatoms. The fraction of sp³-hybridized carbons (Fsp3) is 0.125. The zero-order valence-electron chi connectivity index (χ0n) is 11.7. The summed E-state index contributed by atoms with van der Waals surface area (Å²) in [6, 6.07) is 12.5. The number of halogens is 2. The van der Waals surface area contributed by atoms with Crippen molar-refractivity contribution >= 4 is 34.5 Å². The van der Waals surface area contributed by atoms with Gasteiger partial charge in [0.2, 0.25) is 0 Å². The van der Waals surface area contributed by atoms with E-state index in [1.54, 1.807) is 35.6 Å². The second kappa shape index (κ2) is 6.24. The molecule has 0 saturated heterocycles. The maximum atomic E-state index is 12.0. The normalized spacial score (nSPS) is 10.9. The Kier molecular flexibility index (Phi) is 4.34. The first-order chi connectivity index (χ1) is 10.5. The molecule has 0 aliphatic carbocycles. The van der Waals surface area contributed by atoms with Gasteiger partial charge in [0.05, 0.1) is 11.4 Å². The largest absolute Gasteiger partial charge is 0.268 e. The van der Waals surface area contributed by atoms with Gasteiger partial charge in [-0.15, -0.1) is 11.3 Å². The summed E-state index contributed by atoms with van der Waals surface area (Å²) < 4.78 is 1.42. The Morgan fingerprint density at radius 1 is 1.14 bits per heavy atom. The molecule has 0 aliphatic heterocycles. The van der Waals surface area contributed by atoms with Crippen LogP contribution in [-0.4, -0.2) is 9.78 Å². The van der Waals surface area contributed by atoms with Crippen LogP contribution >= 0.6 is 34.5 Å². The molecule has 2 aromatic heterocycles. The molecular weight excluding hydrogens is 339 g/mol. The Morgan fingerprint density at radius 3 is 2.64 bits per heavy atom. The summed E-state index contributed by atoms with van der Waals surface area (Å²) in [7, 11) is 0. The van der Waals surface area contributed by atoms with Crippen LogP contribution in [0, 0.1) is 6.92 Å². The van der Waals surface area contributed by atoms with Gasteiger partial charge in [-0.1, -0.05) is 29.3 Å². The minimum atomic E-state index is -0.164. The van der Waals surface area contributed by atoms with E-state index in [-0.39, 0.29) is 5.56 Å². The molecule has 0 fully saturated rings. The van der Waals surface area contributed by atoms with Crippen molar-refractivity contribution in [1.29, 1.82) is 0 Å². The lowest BCUT2D eigenvalue weighted by Crippen LogP contribution is -2.22. The molecule has 1 aromatic carbocycles. The van der Waals surface area contributed by atoms with Crippen molar-refractivity contribution in [2.45, 2.75) is 13.5 Å². The Morgan fingerprint density at radius 2 is 1.95 bits per heavy atom. The minimum Gasteiger partial charge on any atom is -0.268 e. The average molecular weight is 351 g/mol. The maximum absolute atomic E-state index is 12.0. The lowest BCUT2D eigenvalue weighted by Gasteiger charge is -2.08. The van der Waals surface area contributed by atoms with E-state index in [4.69, 9.17) is 23.2 Å². The van der Waals surface area contributed by atoms with Gasteiger partial charge in [0.25, 0.3) is 5.56 Å². The number of aryl methyl sites for hydroxylation is 1. The molecule has 0 bridgehead atoms. The number of aromatic nitrogens is 2. The van der Waals surface area contributed by atoms with E-state index in [0.717, 1.165) is 16.1 Å². The van der Waals surface area contributed by atoms with Gasteiger partial charge in [0, 0.05) is 21.0 Å². The highest BCUT2D eigenvalue weighted by Gasteiger charge is 2.08. The molecule has 0 aliphatic rings. The smallest absolute Gasteiger partial charge is 0.267 e. The van der Waals surface area contributed by atoms with Gasteiger partial charge in [0.1, 0.15) is 5.69 Å². The fourth-order valence-electron chi connectivity index (χ4n) is 2.08. The summed E-state index contributed by atoms with van der Waals surface area (Å²) in [5.74, 6) is 0. The molecule has 0 N–H and O–H groups in total. The standard InChI is InChI=1S/C16H12Cl2N2OS/c1-10-2-6-15(22-10)14-5-7-16(21)20(19-14)9-11-3-4-12(17)8-13(11)18/h2-8H,9H2,1H3. The molecule has 22 heavy (non-hydrogen) atoms. The van der Waals surface area contributed by atoms with Gasteiger partial charge in [0.15, 0.2) is 0 Å². The van der Waals surface area contributed by atoms with Crippen molar-refractivity contribution in [2.75, 3.05) is 0 Å². The van der Waals surface area contributed by atoms with E-state index in [1.165, 1.54) is 15.6 Å². The van der Waals surface area contributed by atoms with Gasteiger partial charge in [-0.3, -0.25) is 4.79 Å². The molecule has 0 unspecified atom stereocenters. The van der Waals surface area contributed by atoms with Crippen LogP contribution in [0.3, 0.4) is 0 Å². The zero-order valence-corrected chi connectivity index (χ0v) is 14.0. The van der Waals surface area contributed by atoms with Crippen molar-refractivity contribution in [3.05, 3.63) is 73.3 Å². The molecule has 112 valence electrons. The van der Waals surface area contributed by atoms with Crippen molar-refractivity contribution in [2.24, 2.45) is 0 Å². The number of benzene rings is 1. The van der Waals surface area contributed by atoms with Crippen molar-refractivity contribution in [3.8, 4) is 10.6 Å². The monoisotopic (exact) mass is 350 g/mol. The summed E-state index contributed by atoms with van der Waals surface area (Å²) >= 11 is 13.7. The highest BCUT2D eigenvalue weighted by atomic mass is 35.5. The van der Waals surface area contributed by atoms with Crippen LogP contribution < -0.4 is 5.56 Å². The second-order valence-electron chi connectivity index (χ2n) is 4.86. The van der Waals surface area contributed by atoms with Crippen LogP contribution in [0.2, 0.25) is 10.0 Å². The fourth-order valence-corrected chi connectivity index (χ4v) is 3.38. The predicted molar refractivity (Wildman–Crippen MR) is 92.1 cm³/mol. The van der Waals surface area contributed by atoms with Crippen molar-refractivity contribution < 1.29 is 0 Å². The Balaban J connectivity index is 1.98. The molecule has 2 heterocycles. The molecule has 0 spiro atoms. The summed E-state index contributed by atoms with van der Waals surface area (Å²) in [5.41, 5.74) is 1.42. The van der Waals surface area contributed by atoms with E-state index in [0.29, 0.717) is 16.6 Å². The van der Waals surface area contributed by atoms with E-state index < -0.39 is 0 Å². The van der Waals surface area contributed by atoms with Gasteiger partial charge < -0.3 is 0 Å². The highest BCUT2D eigenvalue weighted by Crippen LogP contribution is 2.25.